The number of aliphatic hydroxyl groups excluding tert-OH is 1. The van der Waals surface area contributed by atoms with E-state index < -0.39 is 23.5 Å². The highest BCUT2D eigenvalue weighted by Crippen LogP contribution is 2.43. The molecule has 2 aromatic heterocycles. The third kappa shape index (κ3) is 3.31. The van der Waals surface area contributed by atoms with Crippen LogP contribution in [0.25, 0.3) is 5.76 Å². The summed E-state index contributed by atoms with van der Waals surface area (Å²) in [7, 11) is 1.43. The van der Waals surface area contributed by atoms with Crippen molar-refractivity contribution in [2.24, 2.45) is 0 Å². The molecule has 1 aliphatic heterocycles. The van der Waals surface area contributed by atoms with Crippen LogP contribution in [-0.4, -0.2) is 39.1 Å². The number of rotatable bonds is 4. The number of aromatic nitrogens is 3. The van der Waals surface area contributed by atoms with Gasteiger partial charge in [0.2, 0.25) is 5.13 Å². The van der Waals surface area contributed by atoms with E-state index in [1.54, 1.807) is 37.4 Å². The van der Waals surface area contributed by atoms with Crippen molar-refractivity contribution < 1.29 is 19.4 Å². The normalized spacial score (nSPS) is 18.1. The number of anilines is 1. The summed E-state index contributed by atoms with van der Waals surface area (Å²) in [5.74, 6) is -1.76. The molecule has 1 saturated heterocycles. The summed E-state index contributed by atoms with van der Waals surface area (Å²) < 4.78 is 5.30. The van der Waals surface area contributed by atoms with Crippen LogP contribution in [0, 0.1) is 6.92 Å². The van der Waals surface area contributed by atoms with Crippen molar-refractivity contribution in [2.45, 2.75) is 13.0 Å². The molecule has 1 atom stereocenters. The van der Waals surface area contributed by atoms with E-state index in [1.807, 2.05) is 0 Å². The Bertz CT molecular complexity index is 1180. The molecule has 1 unspecified atom stereocenters. The summed E-state index contributed by atoms with van der Waals surface area (Å²) in [4.78, 5) is 31.3. The second kappa shape index (κ2) is 7.85. The van der Waals surface area contributed by atoms with Crippen LogP contribution in [0.15, 0.2) is 48.3 Å². The number of amides is 1. The highest BCUT2D eigenvalue weighted by atomic mass is 35.5. The van der Waals surface area contributed by atoms with Gasteiger partial charge in [-0.3, -0.25) is 19.5 Å². The highest BCUT2D eigenvalue weighted by molar-refractivity contribution is 7.15. The highest BCUT2D eigenvalue weighted by Gasteiger charge is 2.48. The summed E-state index contributed by atoms with van der Waals surface area (Å²) in [5.41, 5.74) is 0.624. The summed E-state index contributed by atoms with van der Waals surface area (Å²) in [6.07, 6.45) is 3.10. The maximum absolute atomic E-state index is 13.0. The van der Waals surface area contributed by atoms with Crippen LogP contribution in [0.2, 0.25) is 5.02 Å². The Kier molecular flexibility index (Phi) is 5.23. The summed E-state index contributed by atoms with van der Waals surface area (Å²) in [6, 6.07) is 7.10. The maximum atomic E-state index is 13.0. The third-order valence-corrected chi connectivity index (χ3v) is 5.66. The molecular formula is C20H15ClN4O4S. The van der Waals surface area contributed by atoms with Gasteiger partial charge in [0.1, 0.15) is 16.5 Å². The first-order valence-electron chi connectivity index (χ1n) is 8.77. The molecule has 152 valence electrons. The molecule has 8 nitrogen and oxygen atoms in total. The number of nitrogens with zero attached hydrogens (tertiary/aromatic N) is 4. The third-order valence-electron chi connectivity index (χ3n) is 4.58. The van der Waals surface area contributed by atoms with Crippen molar-refractivity contribution >= 4 is 45.5 Å². The fourth-order valence-electron chi connectivity index (χ4n) is 3.28. The molecule has 3 aromatic rings. The van der Waals surface area contributed by atoms with Gasteiger partial charge in [0, 0.05) is 17.4 Å². The number of Topliss-reactive ketones (excluding diaryl/α,β-unsaturated/α-hetero) is 1. The lowest BCUT2D eigenvalue weighted by atomic mass is 9.96. The van der Waals surface area contributed by atoms with Gasteiger partial charge in [0.05, 0.1) is 24.3 Å². The van der Waals surface area contributed by atoms with E-state index in [0.717, 1.165) is 0 Å². The Morgan fingerprint density at radius 3 is 2.70 bits per heavy atom. The Hall–Kier alpha value is -3.30. The monoisotopic (exact) mass is 442 g/mol. The van der Waals surface area contributed by atoms with Crippen molar-refractivity contribution in [3.05, 3.63) is 69.5 Å². The first-order chi connectivity index (χ1) is 14.4. The summed E-state index contributed by atoms with van der Waals surface area (Å²) >= 11 is 7.26. The molecule has 0 bridgehead atoms. The lowest BCUT2D eigenvalue weighted by Gasteiger charge is -2.22. The van der Waals surface area contributed by atoms with Gasteiger partial charge in [0.15, 0.2) is 0 Å². The van der Waals surface area contributed by atoms with Crippen molar-refractivity contribution in [1.29, 1.82) is 0 Å². The average molecular weight is 443 g/mol. The first kappa shape index (κ1) is 20.0. The minimum Gasteiger partial charge on any atom is -0.507 e. The van der Waals surface area contributed by atoms with Gasteiger partial charge in [-0.2, -0.15) is 0 Å². The second-order valence-electron chi connectivity index (χ2n) is 6.40. The second-order valence-corrected chi connectivity index (χ2v) is 8.00. The quantitative estimate of drug-likeness (QED) is 0.374. The number of hydrogen-bond acceptors (Lipinski definition) is 8. The number of carbonyl (C=O) groups is 2. The number of ether oxygens (including phenoxy) is 1. The number of halogens is 1. The zero-order valence-electron chi connectivity index (χ0n) is 15.9. The van der Waals surface area contributed by atoms with Crippen LogP contribution < -0.4 is 9.64 Å². The largest absolute Gasteiger partial charge is 0.507 e. The molecule has 0 saturated carbocycles. The molecule has 0 spiro atoms. The lowest BCUT2D eigenvalue weighted by Crippen LogP contribution is -2.29. The van der Waals surface area contributed by atoms with E-state index >= 15 is 0 Å². The van der Waals surface area contributed by atoms with Gasteiger partial charge in [-0.15, -0.1) is 10.2 Å². The molecule has 1 fully saturated rings. The van der Waals surface area contributed by atoms with Crippen LogP contribution in [-0.2, 0) is 9.59 Å². The fourth-order valence-corrected chi connectivity index (χ4v) is 4.16. The molecule has 1 amide bonds. The van der Waals surface area contributed by atoms with Gasteiger partial charge >= 0.3 is 5.91 Å². The van der Waals surface area contributed by atoms with Crippen molar-refractivity contribution in [3.63, 3.8) is 0 Å². The van der Waals surface area contributed by atoms with Crippen molar-refractivity contribution in [3.8, 4) is 5.75 Å². The molecule has 0 radical (unpaired) electrons. The Morgan fingerprint density at radius 2 is 2.07 bits per heavy atom. The number of aliphatic hydroxyl groups is 1. The minimum atomic E-state index is -0.935. The zero-order chi connectivity index (χ0) is 21.4. The topological polar surface area (TPSA) is 106 Å². The lowest BCUT2D eigenvalue weighted by molar-refractivity contribution is -0.132. The molecule has 4 rings (SSSR count). The zero-order valence-corrected chi connectivity index (χ0v) is 17.4. The fraction of sp³-hybridized carbons (Fsp3) is 0.150. The maximum Gasteiger partial charge on any atom is 0.301 e. The van der Waals surface area contributed by atoms with Gasteiger partial charge in [0.25, 0.3) is 5.78 Å². The first-order valence-corrected chi connectivity index (χ1v) is 9.96. The van der Waals surface area contributed by atoms with E-state index in [4.69, 9.17) is 16.3 Å². The van der Waals surface area contributed by atoms with Crippen molar-refractivity contribution in [2.75, 3.05) is 12.0 Å². The van der Waals surface area contributed by atoms with Crippen LogP contribution >= 0.6 is 22.9 Å². The SMILES string of the molecule is COc1ccc(Cl)cc1/C(O)=C1\C(=O)C(=O)N(c2nnc(C)s2)C1c1cccnc1. The smallest absolute Gasteiger partial charge is 0.301 e. The number of aryl methyl sites for hydroxylation is 1. The summed E-state index contributed by atoms with van der Waals surface area (Å²) in [6.45, 7) is 1.74. The molecule has 10 heteroatoms. The molecule has 0 aliphatic carbocycles. The van der Waals surface area contributed by atoms with Crippen LogP contribution in [0.5, 0.6) is 5.75 Å². The Morgan fingerprint density at radius 1 is 1.27 bits per heavy atom. The van der Waals surface area contributed by atoms with Crippen molar-refractivity contribution in [1.82, 2.24) is 15.2 Å². The average Bonchev–Trinajstić information content (AvgIpc) is 3.29. The number of methoxy groups -OCH3 is 1. The molecular weight excluding hydrogens is 428 g/mol. The predicted octanol–water partition coefficient (Wildman–Crippen LogP) is 3.53. The number of carbonyl (C=O) groups excluding carboxylic acids is 2. The van der Waals surface area contributed by atoms with E-state index in [-0.39, 0.29) is 16.3 Å². The Balaban J connectivity index is 1.98. The van der Waals surface area contributed by atoms with Crippen LogP contribution in [0.4, 0.5) is 5.13 Å². The van der Waals surface area contributed by atoms with E-state index in [1.165, 1.54) is 35.6 Å². The predicted molar refractivity (Wildman–Crippen MR) is 112 cm³/mol. The number of benzene rings is 1. The Labute approximate surface area is 180 Å². The van der Waals surface area contributed by atoms with Gasteiger partial charge in [-0.05, 0) is 36.8 Å². The summed E-state index contributed by atoms with van der Waals surface area (Å²) in [5, 5.41) is 20.3. The molecule has 1 aliphatic rings. The van der Waals surface area contributed by atoms with E-state index in [9.17, 15) is 14.7 Å². The van der Waals surface area contributed by atoms with Gasteiger partial charge < -0.3 is 9.84 Å². The molecule has 30 heavy (non-hydrogen) atoms. The minimum absolute atomic E-state index is 0.110. The molecule has 3 heterocycles. The van der Waals surface area contributed by atoms with Crippen LogP contribution in [0.3, 0.4) is 0 Å². The number of pyridine rings is 1. The number of hydrogen-bond donors (Lipinski definition) is 1. The van der Waals surface area contributed by atoms with E-state index in [2.05, 4.69) is 15.2 Å². The standard InChI is InChI=1S/C20H15ClN4O4S/c1-10-23-24-20(30-10)25-16(11-4-3-7-22-9-11)15(18(27)19(25)28)17(26)13-8-12(21)5-6-14(13)29-2/h3-9,16,26H,1-2H3/b17-15+. The van der Waals surface area contributed by atoms with Gasteiger partial charge in [-0.1, -0.05) is 29.0 Å². The molecule has 1 aromatic carbocycles. The van der Waals surface area contributed by atoms with Crippen LogP contribution in [0.1, 0.15) is 22.2 Å². The van der Waals surface area contributed by atoms with E-state index in [0.29, 0.717) is 21.3 Å². The molecule has 1 N–H and O–H groups in total. The number of ketones is 1. The van der Waals surface area contributed by atoms with Gasteiger partial charge in [-0.25, -0.2) is 0 Å².